The average molecular weight is 710 g/mol. The first-order chi connectivity index (χ1) is 27.7. The Balaban J connectivity index is 1.16. The fraction of sp³-hybridized carbons (Fsp3) is 0. The van der Waals surface area contributed by atoms with E-state index in [2.05, 4.69) is 170 Å². The molecule has 0 atom stereocenters. The molecule has 1 heterocycles. The summed E-state index contributed by atoms with van der Waals surface area (Å²) in [6, 6.07) is 67.7. The molecule has 0 unspecified atom stereocenters. The Morgan fingerprint density at radius 1 is 0.232 bits per heavy atom. The molecular weight excluding hydrogens is 679 g/mol. The van der Waals surface area contributed by atoms with Crippen molar-refractivity contribution in [2.75, 3.05) is 0 Å². The maximum atomic E-state index is 5.24. The molecular formula is C53H31N3. The molecule has 0 fully saturated rings. The summed E-state index contributed by atoms with van der Waals surface area (Å²) >= 11 is 0. The van der Waals surface area contributed by atoms with E-state index in [0.717, 1.165) is 33.2 Å². The normalized spacial score (nSPS) is 11.9. The van der Waals surface area contributed by atoms with Gasteiger partial charge in [-0.1, -0.05) is 170 Å². The first-order valence-electron chi connectivity index (χ1n) is 19.1. The molecule has 12 rings (SSSR count). The van der Waals surface area contributed by atoms with Crippen LogP contribution in [0, 0.1) is 0 Å². The maximum absolute atomic E-state index is 5.24. The predicted molar refractivity (Wildman–Crippen MR) is 235 cm³/mol. The van der Waals surface area contributed by atoms with Crippen molar-refractivity contribution in [2.45, 2.75) is 0 Å². The fourth-order valence-electron chi connectivity index (χ4n) is 9.04. The van der Waals surface area contributed by atoms with Gasteiger partial charge in [0.25, 0.3) is 0 Å². The van der Waals surface area contributed by atoms with E-state index in [1.165, 1.54) is 70.0 Å². The molecule has 0 saturated carbocycles. The molecule has 0 aliphatic carbocycles. The second-order valence-corrected chi connectivity index (χ2v) is 14.7. The summed E-state index contributed by atoms with van der Waals surface area (Å²) in [5, 5.41) is 17.5. The lowest BCUT2D eigenvalue weighted by atomic mass is 9.86. The SMILES string of the molecule is c1ccc(-c2nc(-c3ccc4ccccc4c3)nc(-c3ccccc3-c3cc4ccc5cccc6c7cccc8ccc9cccc(c(c3)c4c56)c9c87)n2)cc1. The highest BCUT2D eigenvalue weighted by atomic mass is 15.0. The van der Waals surface area contributed by atoms with Gasteiger partial charge in [0.15, 0.2) is 17.5 Å². The summed E-state index contributed by atoms with van der Waals surface area (Å²) < 4.78 is 0. The highest BCUT2D eigenvalue weighted by Crippen LogP contribution is 2.45. The van der Waals surface area contributed by atoms with Gasteiger partial charge >= 0.3 is 0 Å². The highest BCUT2D eigenvalue weighted by Gasteiger charge is 2.19. The van der Waals surface area contributed by atoms with Crippen molar-refractivity contribution in [1.82, 2.24) is 15.0 Å². The zero-order valence-electron chi connectivity index (χ0n) is 30.2. The van der Waals surface area contributed by atoms with Crippen molar-refractivity contribution in [3.05, 3.63) is 188 Å². The minimum absolute atomic E-state index is 0.641. The van der Waals surface area contributed by atoms with E-state index in [4.69, 9.17) is 15.0 Å². The van der Waals surface area contributed by atoms with Gasteiger partial charge in [-0.3, -0.25) is 0 Å². The maximum Gasteiger partial charge on any atom is 0.164 e. The van der Waals surface area contributed by atoms with Crippen molar-refractivity contribution < 1.29 is 0 Å². The van der Waals surface area contributed by atoms with Gasteiger partial charge in [-0.05, 0) is 105 Å². The molecule has 56 heavy (non-hydrogen) atoms. The highest BCUT2D eigenvalue weighted by molar-refractivity contribution is 6.37. The average Bonchev–Trinajstić information content (AvgIpc) is 3.27. The molecule has 3 nitrogen and oxygen atoms in total. The number of hydrogen-bond donors (Lipinski definition) is 0. The lowest BCUT2D eigenvalue weighted by Gasteiger charge is -2.18. The van der Waals surface area contributed by atoms with Crippen molar-refractivity contribution >= 4 is 75.4 Å². The zero-order chi connectivity index (χ0) is 36.7. The van der Waals surface area contributed by atoms with Crippen molar-refractivity contribution in [3.63, 3.8) is 0 Å². The van der Waals surface area contributed by atoms with E-state index in [1.54, 1.807) is 0 Å². The van der Waals surface area contributed by atoms with Crippen LogP contribution in [0.15, 0.2) is 188 Å². The Hall–Kier alpha value is -7.49. The molecule has 1 aromatic heterocycles. The number of hydrogen-bond acceptors (Lipinski definition) is 3. The Morgan fingerprint density at radius 3 is 1.38 bits per heavy atom. The van der Waals surface area contributed by atoms with E-state index in [1.807, 2.05) is 18.2 Å². The molecule has 0 aliphatic rings. The van der Waals surface area contributed by atoms with Crippen LogP contribution < -0.4 is 0 Å². The van der Waals surface area contributed by atoms with Gasteiger partial charge in [0.2, 0.25) is 0 Å². The number of fused-ring (bicyclic) bond motifs is 3. The molecule has 0 bridgehead atoms. The van der Waals surface area contributed by atoms with Gasteiger partial charge in [-0.2, -0.15) is 0 Å². The molecule has 0 spiro atoms. The van der Waals surface area contributed by atoms with E-state index < -0.39 is 0 Å². The quantitative estimate of drug-likeness (QED) is 0.171. The summed E-state index contributed by atoms with van der Waals surface area (Å²) in [6.45, 7) is 0. The summed E-state index contributed by atoms with van der Waals surface area (Å²) in [5.74, 6) is 1.93. The molecule has 0 saturated heterocycles. The Labute approximate surface area is 322 Å². The van der Waals surface area contributed by atoms with Crippen LogP contribution in [0.5, 0.6) is 0 Å². The molecule has 0 N–H and O–H groups in total. The summed E-state index contributed by atoms with van der Waals surface area (Å²) in [5.41, 5.74) is 5.05. The van der Waals surface area contributed by atoms with Crippen LogP contribution in [0.3, 0.4) is 0 Å². The van der Waals surface area contributed by atoms with Crippen LogP contribution in [0.4, 0.5) is 0 Å². The van der Waals surface area contributed by atoms with E-state index in [-0.39, 0.29) is 0 Å². The molecule has 258 valence electrons. The van der Waals surface area contributed by atoms with Gasteiger partial charge < -0.3 is 0 Å². The number of aromatic nitrogens is 3. The van der Waals surface area contributed by atoms with Crippen molar-refractivity contribution in [3.8, 4) is 45.3 Å². The third kappa shape index (κ3) is 4.68. The number of benzene rings is 10. The zero-order valence-corrected chi connectivity index (χ0v) is 30.2. The second-order valence-electron chi connectivity index (χ2n) is 14.7. The van der Waals surface area contributed by atoms with Crippen LogP contribution in [-0.4, -0.2) is 15.0 Å². The Morgan fingerprint density at radius 2 is 0.696 bits per heavy atom. The lowest BCUT2D eigenvalue weighted by Crippen LogP contribution is -2.01. The van der Waals surface area contributed by atoms with Crippen LogP contribution >= 0.6 is 0 Å². The van der Waals surface area contributed by atoms with Gasteiger partial charge in [-0.15, -0.1) is 0 Å². The van der Waals surface area contributed by atoms with Gasteiger partial charge in [0, 0.05) is 16.7 Å². The summed E-state index contributed by atoms with van der Waals surface area (Å²) in [7, 11) is 0. The molecule has 11 aromatic carbocycles. The first kappa shape index (κ1) is 30.9. The third-order valence-electron chi connectivity index (χ3n) is 11.6. The standard InChI is InChI=1S/C53H31N3/c1-2-12-36(13-3-1)51-54-52(39-28-23-32-11-4-5-14-37(32)29-39)56-53(55-51)45-19-7-6-18-41(45)40-30-38-27-26-35-16-9-21-43-42-20-8-15-33-24-25-34-17-10-22-44(49(34)47(33)42)46(31-40)50(38)48(35)43/h1-31H. The van der Waals surface area contributed by atoms with Crippen LogP contribution in [-0.2, 0) is 0 Å². The Bertz CT molecular complexity index is 3530. The largest absolute Gasteiger partial charge is 0.208 e. The molecule has 0 radical (unpaired) electrons. The van der Waals surface area contributed by atoms with Gasteiger partial charge in [0.1, 0.15) is 0 Å². The van der Waals surface area contributed by atoms with Gasteiger partial charge in [-0.25, -0.2) is 15.0 Å². The number of rotatable bonds is 4. The fourth-order valence-corrected chi connectivity index (χ4v) is 9.04. The minimum atomic E-state index is 0.641. The molecule has 0 amide bonds. The van der Waals surface area contributed by atoms with Crippen LogP contribution in [0.25, 0.3) is 121 Å². The molecule has 3 heteroatoms. The summed E-state index contributed by atoms with van der Waals surface area (Å²) in [4.78, 5) is 15.5. The topological polar surface area (TPSA) is 38.7 Å². The van der Waals surface area contributed by atoms with E-state index in [9.17, 15) is 0 Å². The predicted octanol–water partition coefficient (Wildman–Crippen LogP) is 14.0. The van der Waals surface area contributed by atoms with Crippen LogP contribution in [0.1, 0.15) is 0 Å². The van der Waals surface area contributed by atoms with Gasteiger partial charge in [0.05, 0.1) is 0 Å². The summed E-state index contributed by atoms with van der Waals surface area (Å²) in [6.07, 6.45) is 0. The first-order valence-corrected chi connectivity index (χ1v) is 19.1. The lowest BCUT2D eigenvalue weighted by molar-refractivity contribution is 1.07. The number of nitrogens with zero attached hydrogens (tertiary/aromatic N) is 3. The third-order valence-corrected chi connectivity index (χ3v) is 11.6. The molecule has 12 aromatic rings. The van der Waals surface area contributed by atoms with Crippen molar-refractivity contribution in [1.29, 1.82) is 0 Å². The monoisotopic (exact) mass is 709 g/mol. The molecule has 0 aliphatic heterocycles. The van der Waals surface area contributed by atoms with E-state index in [0.29, 0.717) is 17.5 Å². The Kier molecular flexibility index (Phi) is 6.63. The van der Waals surface area contributed by atoms with Crippen LogP contribution in [0.2, 0.25) is 0 Å². The second kappa shape index (κ2) is 12.0. The van der Waals surface area contributed by atoms with E-state index >= 15 is 0 Å². The minimum Gasteiger partial charge on any atom is -0.208 e. The van der Waals surface area contributed by atoms with Crippen molar-refractivity contribution in [2.24, 2.45) is 0 Å². The smallest absolute Gasteiger partial charge is 0.164 e.